The van der Waals surface area contributed by atoms with Crippen LogP contribution in [0.1, 0.15) is 16.1 Å². The molecule has 0 saturated heterocycles. The van der Waals surface area contributed by atoms with E-state index in [1.54, 1.807) is 17.5 Å². The summed E-state index contributed by atoms with van der Waals surface area (Å²) in [6.07, 6.45) is 0. The summed E-state index contributed by atoms with van der Waals surface area (Å²) in [4.78, 5) is 35.5. The van der Waals surface area contributed by atoms with Gasteiger partial charge in [-0.3, -0.25) is 9.59 Å². The highest BCUT2D eigenvalue weighted by molar-refractivity contribution is 7.14. The van der Waals surface area contributed by atoms with Crippen molar-refractivity contribution in [1.82, 2.24) is 14.9 Å². The van der Waals surface area contributed by atoms with Crippen LogP contribution in [0.15, 0.2) is 65.4 Å². The van der Waals surface area contributed by atoms with Gasteiger partial charge in [0, 0.05) is 28.6 Å². The van der Waals surface area contributed by atoms with E-state index in [1.165, 1.54) is 27.6 Å². The number of hydrogen-bond acceptors (Lipinski definition) is 8. The van der Waals surface area contributed by atoms with E-state index in [-0.39, 0.29) is 30.6 Å². The maximum Gasteiger partial charge on any atom is 0.274 e. The third-order valence-electron chi connectivity index (χ3n) is 4.57. The van der Waals surface area contributed by atoms with Crippen molar-refractivity contribution >= 4 is 50.4 Å². The molecule has 0 aliphatic heterocycles. The highest BCUT2D eigenvalue weighted by Gasteiger charge is 2.21. The van der Waals surface area contributed by atoms with E-state index in [2.05, 4.69) is 15.3 Å². The number of nitrogen functional groups attached to an aromatic ring is 2. The molecule has 0 unspecified atom stereocenters. The topological polar surface area (TPSA) is 127 Å². The summed E-state index contributed by atoms with van der Waals surface area (Å²) in [5, 5.41) is 7.11. The van der Waals surface area contributed by atoms with Crippen LogP contribution >= 0.6 is 22.7 Å². The minimum Gasteiger partial charge on any atom is -0.375 e. The zero-order valence-corrected chi connectivity index (χ0v) is 18.5. The van der Waals surface area contributed by atoms with Crippen LogP contribution in [-0.2, 0) is 11.3 Å². The fraction of sp³-hybridized carbons (Fsp3) is 0.0909. The van der Waals surface area contributed by atoms with Crippen LogP contribution in [0.3, 0.4) is 0 Å². The van der Waals surface area contributed by atoms with Gasteiger partial charge in [0.05, 0.1) is 5.69 Å². The Morgan fingerprint density at radius 2 is 1.59 bits per heavy atom. The number of thiazole rings is 2. The molecule has 32 heavy (non-hydrogen) atoms. The summed E-state index contributed by atoms with van der Waals surface area (Å²) < 4.78 is 0. The van der Waals surface area contributed by atoms with Gasteiger partial charge < -0.3 is 21.7 Å². The number of hydrogen-bond donors (Lipinski definition) is 3. The zero-order chi connectivity index (χ0) is 22.5. The third-order valence-corrected chi connectivity index (χ3v) is 5.91. The minimum atomic E-state index is -0.353. The molecule has 4 aromatic rings. The van der Waals surface area contributed by atoms with E-state index in [0.717, 1.165) is 16.8 Å². The van der Waals surface area contributed by atoms with Crippen LogP contribution in [-0.4, -0.2) is 33.2 Å². The van der Waals surface area contributed by atoms with Gasteiger partial charge in [-0.2, -0.15) is 0 Å². The van der Waals surface area contributed by atoms with Crippen LogP contribution in [0.5, 0.6) is 0 Å². The number of carbonyl (C=O) groups excluding carboxylic acids is 2. The lowest BCUT2D eigenvalue weighted by Crippen LogP contribution is -2.37. The largest absolute Gasteiger partial charge is 0.375 e. The van der Waals surface area contributed by atoms with Gasteiger partial charge in [0.2, 0.25) is 5.91 Å². The number of nitrogens with one attached hydrogen (secondary N) is 1. The molecule has 2 aromatic heterocycles. The molecule has 0 bridgehead atoms. The lowest BCUT2D eigenvalue weighted by atomic mass is 10.1. The molecule has 5 N–H and O–H groups in total. The van der Waals surface area contributed by atoms with Crippen molar-refractivity contribution in [3.63, 3.8) is 0 Å². The fourth-order valence-electron chi connectivity index (χ4n) is 3.07. The average Bonchev–Trinajstić information content (AvgIpc) is 3.42. The van der Waals surface area contributed by atoms with E-state index in [1.807, 2.05) is 47.8 Å². The van der Waals surface area contributed by atoms with Gasteiger partial charge in [0.15, 0.2) is 10.3 Å². The Bertz CT molecular complexity index is 1220. The Labute approximate surface area is 192 Å². The highest BCUT2D eigenvalue weighted by Crippen LogP contribution is 2.24. The van der Waals surface area contributed by atoms with Crippen molar-refractivity contribution in [3.05, 3.63) is 76.6 Å². The number of nitrogens with two attached hydrogens (primary N) is 2. The molecule has 4 rings (SSSR count). The van der Waals surface area contributed by atoms with Crippen molar-refractivity contribution in [1.29, 1.82) is 0 Å². The van der Waals surface area contributed by atoms with Crippen LogP contribution < -0.4 is 16.8 Å². The first-order valence-electron chi connectivity index (χ1n) is 9.63. The Morgan fingerprint density at radius 3 is 2.22 bits per heavy atom. The summed E-state index contributed by atoms with van der Waals surface area (Å²) in [6, 6.07) is 16.7. The highest BCUT2D eigenvalue weighted by atomic mass is 32.1. The van der Waals surface area contributed by atoms with Crippen molar-refractivity contribution in [2.75, 3.05) is 23.3 Å². The Morgan fingerprint density at radius 1 is 0.906 bits per heavy atom. The molecule has 0 radical (unpaired) electrons. The molecule has 0 aliphatic rings. The smallest absolute Gasteiger partial charge is 0.274 e. The molecule has 0 spiro atoms. The summed E-state index contributed by atoms with van der Waals surface area (Å²) in [6.45, 7) is 0.143. The molecule has 0 atom stereocenters. The molecule has 10 heteroatoms. The monoisotopic (exact) mass is 464 g/mol. The van der Waals surface area contributed by atoms with E-state index in [9.17, 15) is 9.59 Å². The predicted octanol–water partition coefficient (Wildman–Crippen LogP) is 3.71. The zero-order valence-electron chi connectivity index (χ0n) is 16.9. The fourth-order valence-corrected chi connectivity index (χ4v) is 4.18. The van der Waals surface area contributed by atoms with Gasteiger partial charge in [-0.05, 0) is 17.7 Å². The summed E-state index contributed by atoms with van der Waals surface area (Å²) in [5.74, 6) is -0.670. The third kappa shape index (κ3) is 5.29. The first-order chi connectivity index (χ1) is 15.5. The number of carbonyl (C=O) groups is 2. The molecule has 2 aromatic carbocycles. The minimum absolute atomic E-state index is 0.129. The predicted molar refractivity (Wildman–Crippen MR) is 128 cm³/mol. The van der Waals surface area contributed by atoms with E-state index >= 15 is 0 Å². The number of anilines is 3. The number of nitrogens with zero attached hydrogens (tertiary/aromatic N) is 3. The second-order valence-electron chi connectivity index (χ2n) is 6.91. The van der Waals surface area contributed by atoms with E-state index < -0.39 is 0 Å². The van der Waals surface area contributed by atoms with Crippen LogP contribution in [0, 0.1) is 0 Å². The van der Waals surface area contributed by atoms with E-state index in [4.69, 9.17) is 11.5 Å². The Kier molecular flexibility index (Phi) is 6.43. The van der Waals surface area contributed by atoms with Gasteiger partial charge in [-0.15, -0.1) is 22.7 Å². The van der Waals surface area contributed by atoms with Crippen LogP contribution in [0.2, 0.25) is 0 Å². The van der Waals surface area contributed by atoms with Crippen LogP contribution in [0.4, 0.5) is 16.0 Å². The molecule has 8 nitrogen and oxygen atoms in total. The summed E-state index contributed by atoms with van der Waals surface area (Å²) in [5.41, 5.74) is 14.8. The normalized spacial score (nSPS) is 10.6. The Hall–Kier alpha value is -3.76. The van der Waals surface area contributed by atoms with Gasteiger partial charge >= 0.3 is 0 Å². The van der Waals surface area contributed by atoms with Crippen molar-refractivity contribution in [2.45, 2.75) is 6.54 Å². The standard InChI is InChI=1S/C22H20N6O2S2/c23-21-26-17(12-31-21)15-6-8-16(9-7-15)25-19(29)11-28(10-14-4-2-1-3-5-14)20(30)18-13-32-22(24)27-18/h1-9,12-13H,10-11H2,(H2,23,26)(H2,24,27)(H,25,29). The first kappa shape index (κ1) is 21.5. The second kappa shape index (κ2) is 9.58. The SMILES string of the molecule is Nc1nc(C(=O)N(CC(=O)Nc2ccc(-c3csc(N)n3)cc2)Cc2ccccc2)cs1. The molecule has 2 heterocycles. The van der Waals surface area contributed by atoms with Gasteiger partial charge in [-0.25, -0.2) is 9.97 Å². The molecular weight excluding hydrogens is 444 g/mol. The molecule has 0 fully saturated rings. The summed E-state index contributed by atoms with van der Waals surface area (Å²) >= 11 is 2.56. The van der Waals surface area contributed by atoms with E-state index in [0.29, 0.717) is 16.0 Å². The quantitative estimate of drug-likeness (QED) is 0.383. The van der Waals surface area contributed by atoms with Crippen LogP contribution in [0.25, 0.3) is 11.3 Å². The maximum absolute atomic E-state index is 13.0. The average molecular weight is 465 g/mol. The van der Waals surface area contributed by atoms with Crippen molar-refractivity contribution < 1.29 is 9.59 Å². The Balaban J connectivity index is 1.46. The lowest BCUT2D eigenvalue weighted by Gasteiger charge is -2.21. The molecule has 0 saturated carbocycles. The first-order valence-corrected chi connectivity index (χ1v) is 11.4. The van der Waals surface area contributed by atoms with Gasteiger partial charge in [0.1, 0.15) is 12.2 Å². The maximum atomic E-state index is 13.0. The molecule has 2 amide bonds. The molecule has 162 valence electrons. The molecular formula is C22H20N6O2S2. The van der Waals surface area contributed by atoms with Gasteiger partial charge in [0.25, 0.3) is 5.91 Å². The van der Waals surface area contributed by atoms with Crippen molar-refractivity contribution in [3.8, 4) is 11.3 Å². The summed E-state index contributed by atoms with van der Waals surface area (Å²) in [7, 11) is 0. The van der Waals surface area contributed by atoms with Gasteiger partial charge in [-0.1, -0.05) is 42.5 Å². The number of aromatic nitrogens is 2. The number of rotatable bonds is 7. The second-order valence-corrected chi connectivity index (χ2v) is 8.69. The number of benzene rings is 2. The number of amides is 2. The molecule has 0 aliphatic carbocycles. The lowest BCUT2D eigenvalue weighted by molar-refractivity contribution is -0.117. The van der Waals surface area contributed by atoms with Crippen molar-refractivity contribution in [2.24, 2.45) is 0 Å².